The number of nitrogens with zero attached hydrogens (tertiary/aromatic N) is 2. The van der Waals surface area contributed by atoms with Crippen LogP contribution < -0.4 is 5.32 Å². The molecule has 10 heteroatoms. The molecule has 168 valence electrons. The second-order valence-electron chi connectivity index (χ2n) is 7.86. The molecule has 0 bridgehead atoms. The van der Waals surface area contributed by atoms with E-state index < -0.39 is 5.97 Å². The van der Waals surface area contributed by atoms with E-state index in [-0.39, 0.29) is 23.0 Å². The third-order valence-electron chi connectivity index (χ3n) is 5.51. The predicted octanol–water partition coefficient (Wildman–Crippen LogP) is 4.91. The summed E-state index contributed by atoms with van der Waals surface area (Å²) in [6.07, 6.45) is 4.76. The quantitative estimate of drug-likeness (QED) is 0.227. The molecule has 1 aliphatic rings. The molecule has 7 nitrogen and oxygen atoms in total. The van der Waals surface area contributed by atoms with Gasteiger partial charge in [-0.15, -0.1) is 22.7 Å². The number of amides is 1. The fraction of sp³-hybridized carbons (Fsp3) is 0.409. The SMILES string of the molecule is COC(=O)c1c(NC(=O)CSc2ncnc3sc4c(c23)CC[C@@H](C)C4)sc(C(C)=O)c1C. The molecule has 3 aromatic heterocycles. The molecule has 1 atom stereocenters. The maximum atomic E-state index is 12.7. The molecule has 3 aromatic rings. The number of esters is 1. The second kappa shape index (κ2) is 9.29. The largest absolute Gasteiger partial charge is 0.465 e. The van der Waals surface area contributed by atoms with Crippen LogP contribution >= 0.6 is 34.4 Å². The van der Waals surface area contributed by atoms with E-state index in [2.05, 4.69) is 22.2 Å². The first-order chi connectivity index (χ1) is 15.3. The maximum absolute atomic E-state index is 12.7. The fourth-order valence-corrected chi connectivity index (χ4v) is 7.28. The van der Waals surface area contributed by atoms with Crippen molar-refractivity contribution >= 4 is 67.3 Å². The summed E-state index contributed by atoms with van der Waals surface area (Å²) in [6, 6.07) is 0. The van der Waals surface area contributed by atoms with Gasteiger partial charge < -0.3 is 10.1 Å². The monoisotopic (exact) mass is 489 g/mol. The Labute approximate surface area is 198 Å². The van der Waals surface area contributed by atoms with Crippen molar-refractivity contribution in [2.75, 3.05) is 18.2 Å². The molecule has 32 heavy (non-hydrogen) atoms. The minimum absolute atomic E-state index is 0.125. The first-order valence-electron chi connectivity index (χ1n) is 10.2. The van der Waals surface area contributed by atoms with Gasteiger partial charge in [0.1, 0.15) is 21.2 Å². The lowest BCUT2D eigenvalue weighted by atomic mass is 9.89. The number of thioether (sulfide) groups is 1. The van der Waals surface area contributed by atoms with E-state index in [1.165, 1.54) is 36.2 Å². The minimum Gasteiger partial charge on any atom is -0.465 e. The first kappa shape index (κ1) is 22.9. The summed E-state index contributed by atoms with van der Waals surface area (Å²) in [7, 11) is 1.27. The molecular weight excluding hydrogens is 466 g/mol. The summed E-state index contributed by atoms with van der Waals surface area (Å²) in [4.78, 5) is 48.5. The topological polar surface area (TPSA) is 98.2 Å². The molecule has 0 unspecified atom stereocenters. The Morgan fingerprint density at radius 1 is 1.28 bits per heavy atom. The Balaban J connectivity index is 1.54. The number of methoxy groups -OCH3 is 1. The average molecular weight is 490 g/mol. The number of fused-ring (bicyclic) bond motifs is 3. The number of hydrogen-bond donors (Lipinski definition) is 1. The maximum Gasteiger partial charge on any atom is 0.341 e. The van der Waals surface area contributed by atoms with Gasteiger partial charge >= 0.3 is 5.97 Å². The highest BCUT2D eigenvalue weighted by Crippen LogP contribution is 2.40. The van der Waals surface area contributed by atoms with E-state index >= 15 is 0 Å². The third-order valence-corrected chi connectivity index (χ3v) is 8.97. The van der Waals surface area contributed by atoms with Gasteiger partial charge in [0.2, 0.25) is 5.91 Å². The lowest BCUT2D eigenvalue weighted by Gasteiger charge is -2.18. The Bertz CT molecular complexity index is 1230. The van der Waals surface area contributed by atoms with E-state index in [0.29, 0.717) is 21.4 Å². The Hall–Kier alpha value is -2.30. The molecule has 1 aliphatic carbocycles. The highest BCUT2D eigenvalue weighted by Gasteiger charge is 2.26. The summed E-state index contributed by atoms with van der Waals surface area (Å²) < 4.78 is 4.85. The molecule has 0 radical (unpaired) electrons. The van der Waals surface area contributed by atoms with Crippen LogP contribution in [-0.2, 0) is 22.4 Å². The van der Waals surface area contributed by atoms with E-state index in [1.54, 1.807) is 24.6 Å². The van der Waals surface area contributed by atoms with Crippen LogP contribution in [-0.4, -0.2) is 40.5 Å². The molecule has 0 fully saturated rings. The number of rotatable bonds is 6. The van der Waals surface area contributed by atoms with Crippen LogP contribution in [0.4, 0.5) is 5.00 Å². The zero-order chi connectivity index (χ0) is 23.0. The van der Waals surface area contributed by atoms with Crippen molar-refractivity contribution in [3.05, 3.63) is 32.8 Å². The van der Waals surface area contributed by atoms with Crippen LogP contribution in [0, 0.1) is 12.8 Å². The second-order valence-corrected chi connectivity index (χ2v) is 10.9. The molecule has 0 saturated heterocycles. The summed E-state index contributed by atoms with van der Waals surface area (Å²) >= 11 is 4.18. The Morgan fingerprint density at radius 3 is 2.78 bits per heavy atom. The van der Waals surface area contributed by atoms with E-state index in [0.717, 1.165) is 45.8 Å². The summed E-state index contributed by atoms with van der Waals surface area (Å²) in [5.74, 6) is -0.219. The molecule has 0 spiro atoms. The van der Waals surface area contributed by atoms with Crippen molar-refractivity contribution in [3.8, 4) is 0 Å². The standard InChI is InChI=1S/C22H23N3O4S3/c1-10-5-6-13-14(7-10)31-20-17(13)19(23-9-24-20)30-8-15(27)25-21-16(22(28)29-4)11(2)18(32-21)12(3)26/h9-10H,5-8H2,1-4H3,(H,25,27)/t10-/m1/s1. The van der Waals surface area contributed by atoms with Crippen molar-refractivity contribution in [2.24, 2.45) is 5.92 Å². The molecule has 1 amide bonds. The van der Waals surface area contributed by atoms with Crippen LogP contribution in [0.2, 0.25) is 0 Å². The number of ketones is 1. The smallest absolute Gasteiger partial charge is 0.341 e. The highest BCUT2D eigenvalue weighted by molar-refractivity contribution is 8.00. The lowest BCUT2D eigenvalue weighted by Crippen LogP contribution is -2.16. The average Bonchev–Trinajstić information content (AvgIpc) is 3.28. The molecule has 3 heterocycles. The number of aromatic nitrogens is 2. The molecule has 4 rings (SSSR count). The van der Waals surface area contributed by atoms with Gasteiger partial charge in [-0.1, -0.05) is 18.7 Å². The Morgan fingerprint density at radius 2 is 2.06 bits per heavy atom. The van der Waals surface area contributed by atoms with Gasteiger partial charge in [-0.3, -0.25) is 9.59 Å². The van der Waals surface area contributed by atoms with Gasteiger partial charge in [-0.05, 0) is 50.2 Å². The normalized spacial score (nSPS) is 15.4. The third kappa shape index (κ3) is 4.31. The molecule has 0 aliphatic heterocycles. The lowest BCUT2D eigenvalue weighted by molar-refractivity contribution is -0.113. The minimum atomic E-state index is -0.578. The van der Waals surface area contributed by atoms with E-state index in [4.69, 9.17) is 4.74 Å². The van der Waals surface area contributed by atoms with Crippen LogP contribution in [0.25, 0.3) is 10.2 Å². The van der Waals surface area contributed by atoms with Gasteiger partial charge in [0.25, 0.3) is 0 Å². The number of ether oxygens (including phenoxy) is 1. The van der Waals surface area contributed by atoms with Crippen molar-refractivity contribution < 1.29 is 19.1 Å². The van der Waals surface area contributed by atoms with Crippen LogP contribution in [0.15, 0.2) is 11.4 Å². The van der Waals surface area contributed by atoms with Gasteiger partial charge in [0, 0.05) is 10.3 Å². The predicted molar refractivity (Wildman–Crippen MR) is 128 cm³/mol. The zero-order valence-electron chi connectivity index (χ0n) is 18.2. The van der Waals surface area contributed by atoms with Crippen LogP contribution in [0.5, 0.6) is 0 Å². The number of hydrogen-bond acceptors (Lipinski definition) is 9. The number of carbonyl (C=O) groups excluding carboxylic acids is 3. The number of carbonyl (C=O) groups is 3. The van der Waals surface area contributed by atoms with Crippen molar-refractivity contribution in [1.82, 2.24) is 9.97 Å². The molecule has 1 N–H and O–H groups in total. The zero-order valence-corrected chi connectivity index (χ0v) is 20.7. The van der Waals surface area contributed by atoms with Gasteiger partial charge in [-0.25, -0.2) is 14.8 Å². The van der Waals surface area contributed by atoms with Gasteiger partial charge in [0.15, 0.2) is 5.78 Å². The van der Waals surface area contributed by atoms with E-state index in [9.17, 15) is 14.4 Å². The van der Waals surface area contributed by atoms with Gasteiger partial charge in [0.05, 0.1) is 23.3 Å². The molecular formula is C22H23N3O4S3. The number of aryl methyl sites for hydroxylation is 1. The van der Waals surface area contributed by atoms with Crippen molar-refractivity contribution in [3.63, 3.8) is 0 Å². The number of Topliss-reactive ketones (excluding diaryl/α,β-unsaturated/α-hetero) is 1. The first-order valence-corrected chi connectivity index (χ1v) is 12.8. The number of thiophene rings is 2. The van der Waals surface area contributed by atoms with Gasteiger partial charge in [-0.2, -0.15) is 0 Å². The number of anilines is 1. The summed E-state index contributed by atoms with van der Waals surface area (Å²) in [5, 5.41) is 4.99. The van der Waals surface area contributed by atoms with Crippen LogP contribution in [0.3, 0.4) is 0 Å². The number of nitrogens with one attached hydrogen (secondary N) is 1. The summed E-state index contributed by atoms with van der Waals surface area (Å²) in [6.45, 7) is 5.39. The van der Waals surface area contributed by atoms with Crippen molar-refractivity contribution in [1.29, 1.82) is 0 Å². The molecule has 0 saturated carbocycles. The Kier molecular flexibility index (Phi) is 6.64. The highest BCUT2D eigenvalue weighted by atomic mass is 32.2. The van der Waals surface area contributed by atoms with Crippen LogP contribution in [0.1, 0.15) is 56.3 Å². The van der Waals surface area contributed by atoms with E-state index in [1.807, 2.05) is 0 Å². The summed E-state index contributed by atoms with van der Waals surface area (Å²) in [5.41, 5.74) is 2.07. The molecule has 0 aromatic carbocycles. The van der Waals surface area contributed by atoms with Crippen molar-refractivity contribution in [2.45, 2.75) is 45.1 Å². The fourth-order valence-electron chi connectivity index (χ4n) is 3.94.